The van der Waals surface area contributed by atoms with E-state index < -0.39 is 29.1 Å². The van der Waals surface area contributed by atoms with Gasteiger partial charge in [0.2, 0.25) is 0 Å². The average molecular weight is 438 g/mol. The van der Waals surface area contributed by atoms with Crippen molar-refractivity contribution in [3.63, 3.8) is 0 Å². The molecule has 32 heavy (non-hydrogen) atoms. The molecule has 0 saturated heterocycles. The molecule has 0 spiro atoms. The molecule has 1 N–H and O–H groups in total. The van der Waals surface area contributed by atoms with E-state index >= 15 is 0 Å². The third-order valence-corrected chi connectivity index (χ3v) is 4.64. The van der Waals surface area contributed by atoms with Crippen molar-refractivity contribution in [3.05, 3.63) is 71.8 Å². The Bertz CT molecular complexity index is 991. The molecule has 0 aliphatic carbocycles. The highest BCUT2D eigenvalue weighted by molar-refractivity contribution is 6.03. The van der Waals surface area contributed by atoms with E-state index in [0.29, 0.717) is 11.3 Å². The van der Waals surface area contributed by atoms with Crippen molar-refractivity contribution in [2.24, 2.45) is 5.10 Å². The first-order valence-corrected chi connectivity index (χ1v) is 10.6. The quantitative estimate of drug-likeness (QED) is 0.696. The lowest BCUT2D eigenvalue weighted by Crippen LogP contribution is -2.57. The lowest BCUT2D eigenvalue weighted by Gasteiger charge is -2.38. The molecule has 1 atom stereocenters. The van der Waals surface area contributed by atoms with E-state index in [1.807, 2.05) is 60.7 Å². The summed E-state index contributed by atoms with van der Waals surface area (Å²) in [6, 6.07) is 18.8. The van der Waals surface area contributed by atoms with Crippen LogP contribution >= 0.6 is 0 Å². The number of carbonyl (C=O) groups is 2. The Labute approximate surface area is 189 Å². The summed E-state index contributed by atoms with van der Waals surface area (Å²) in [4.78, 5) is 26.2. The van der Waals surface area contributed by atoms with Gasteiger partial charge in [-0.2, -0.15) is 10.1 Å². The van der Waals surface area contributed by atoms with Gasteiger partial charge in [0.15, 0.2) is 5.66 Å². The Kier molecular flexibility index (Phi) is 6.30. The van der Waals surface area contributed by atoms with Crippen molar-refractivity contribution >= 4 is 17.9 Å². The van der Waals surface area contributed by atoms with Gasteiger partial charge in [0.05, 0.1) is 5.71 Å². The number of rotatable bonds is 3. The molecule has 2 aromatic rings. The number of amides is 2. The van der Waals surface area contributed by atoms with Crippen LogP contribution in [-0.2, 0) is 15.1 Å². The van der Waals surface area contributed by atoms with Crippen LogP contribution in [0.25, 0.3) is 0 Å². The van der Waals surface area contributed by atoms with E-state index in [2.05, 4.69) is 10.4 Å². The number of nitrogens with one attached hydrogen (secondary N) is 1. The van der Waals surface area contributed by atoms with Crippen LogP contribution in [0.5, 0.6) is 0 Å². The Morgan fingerprint density at radius 1 is 0.875 bits per heavy atom. The monoisotopic (exact) mass is 437 g/mol. The summed E-state index contributed by atoms with van der Waals surface area (Å²) in [6.07, 6.45) is -1.07. The van der Waals surface area contributed by atoms with Crippen LogP contribution in [0, 0.1) is 0 Å². The molecular formula is C25H31N3O4. The molecule has 1 aliphatic heterocycles. The van der Waals surface area contributed by atoms with Gasteiger partial charge >= 0.3 is 12.2 Å². The molecule has 7 nitrogen and oxygen atoms in total. The number of hydrazone groups is 1. The Morgan fingerprint density at radius 2 is 1.41 bits per heavy atom. The molecule has 2 aromatic carbocycles. The zero-order valence-electron chi connectivity index (χ0n) is 19.5. The summed E-state index contributed by atoms with van der Waals surface area (Å²) in [6.45, 7) is 10.7. The molecule has 1 heterocycles. The van der Waals surface area contributed by atoms with Gasteiger partial charge in [-0.1, -0.05) is 60.7 Å². The molecule has 2 amide bonds. The number of benzene rings is 2. The van der Waals surface area contributed by atoms with E-state index in [1.165, 1.54) is 5.01 Å². The van der Waals surface area contributed by atoms with Crippen molar-refractivity contribution in [1.29, 1.82) is 0 Å². The van der Waals surface area contributed by atoms with E-state index in [9.17, 15) is 9.59 Å². The first kappa shape index (κ1) is 23.3. The third-order valence-electron chi connectivity index (χ3n) is 4.64. The minimum Gasteiger partial charge on any atom is -0.444 e. The van der Waals surface area contributed by atoms with Gasteiger partial charge in [-0.05, 0) is 47.1 Å². The maximum atomic E-state index is 13.3. The van der Waals surface area contributed by atoms with Crippen molar-refractivity contribution in [2.45, 2.75) is 64.8 Å². The Balaban J connectivity index is 2.11. The van der Waals surface area contributed by atoms with E-state index in [4.69, 9.17) is 9.47 Å². The summed E-state index contributed by atoms with van der Waals surface area (Å²) in [5.74, 6) is 0. The topological polar surface area (TPSA) is 80.2 Å². The summed E-state index contributed by atoms with van der Waals surface area (Å²) in [5, 5.41) is 8.78. The maximum Gasteiger partial charge on any atom is 0.433 e. The molecule has 0 fully saturated rings. The molecule has 3 rings (SSSR count). The third kappa shape index (κ3) is 5.46. The van der Waals surface area contributed by atoms with Crippen molar-refractivity contribution in [1.82, 2.24) is 10.3 Å². The van der Waals surface area contributed by atoms with Gasteiger partial charge in [-0.3, -0.25) is 5.32 Å². The summed E-state index contributed by atoms with van der Waals surface area (Å²) < 4.78 is 11.2. The second kappa shape index (κ2) is 8.65. The normalized spacial score (nSPS) is 18.7. The van der Waals surface area contributed by atoms with Gasteiger partial charge in [-0.15, -0.1) is 0 Å². The minimum atomic E-state index is -1.31. The van der Waals surface area contributed by atoms with Crippen LogP contribution in [0.4, 0.5) is 9.59 Å². The van der Waals surface area contributed by atoms with E-state index in [-0.39, 0.29) is 6.42 Å². The molecule has 170 valence electrons. The number of nitrogens with zero attached hydrogens (tertiary/aromatic N) is 2. The molecule has 0 saturated carbocycles. The fourth-order valence-electron chi connectivity index (χ4n) is 3.43. The van der Waals surface area contributed by atoms with Crippen LogP contribution in [-0.4, -0.2) is 34.1 Å². The SMILES string of the molecule is CC(C)(C)OC(=O)NC1(c2ccccc2)CC(c2ccccc2)=NN1C(=O)OC(C)(C)C. The lowest BCUT2D eigenvalue weighted by molar-refractivity contribution is -0.0118. The number of alkyl carbamates (subject to hydrolysis) is 1. The van der Waals surface area contributed by atoms with Crippen LogP contribution in [0.2, 0.25) is 0 Å². The average Bonchev–Trinajstić information content (AvgIpc) is 3.07. The number of carbonyl (C=O) groups excluding carboxylic acids is 2. The molecule has 0 aromatic heterocycles. The van der Waals surface area contributed by atoms with Gasteiger partial charge in [-0.25, -0.2) is 9.59 Å². The van der Waals surface area contributed by atoms with Crippen molar-refractivity contribution < 1.29 is 19.1 Å². The summed E-state index contributed by atoms with van der Waals surface area (Å²) in [5.41, 5.74) is -0.568. The highest BCUT2D eigenvalue weighted by atomic mass is 16.6. The first-order chi connectivity index (χ1) is 14.9. The number of hydrogen-bond acceptors (Lipinski definition) is 5. The standard InChI is InChI=1S/C25H31N3O4/c1-23(2,3)31-21(29)26-25(19-15-11-8-12-16-19)17-20(18-13-9-7-10-14-18)27-28(25)22(30)32-24(4,5)6/h7-16H,17H2,1-6H3,(H,26,29). The number of hydrogen-bond donors (Lipinski definition) is 1. The van der Waals surface area contributed by atoms with Crippen molar-refractivity contribution in [3.8, 4) is 0 Å². The van der Waals surface area contributed by atoms with Crippen molar-refractivity contribution in [2.75, 3.05) is 0 Å². The lowest BCUT2D eigenvalue weighted by atomic mass is 9.92. The Morgan fingerprint density at radius 3 is 1.94 bits per heavy atom. The fourth-order valence-corrected chi connectivity index (χ4v) is 3.43. The van der Waals surface area contributed by atoms with Crippen LogP contribution in [0.15, 0.2) is 65.8 Å². The predicted octanol–water partition coefficient (Wildman–Crippen LogP) is 5.41. The van der Waals surface area contributed by atoms with Crippen LogP contribution < -0.4 is 5.32 Å². The molecule has 0 bridgehead atoms. The highest BCUT2D eigenvalue weighted by Crippen LogP contribution is 2.38. The second-order valence-corrected chi connectivity index (χ2v) is 9.73. The zero-order chi connectivity index (χ0) is 23.6. The Hall–Kier alpha value is -3.35. The minimum absolute atomic E-state index is 0.250. The highest BCUT2D eigenvalue weighted by Gasteiger charge is 2.51. The first-order valence-electron chi connectivity index (χ1n) is 10.6. The fraction of sp³-hybridized carbons (Fsp3) is 0.400. The zero-order valence-corrected chi connectivity index (χ0v) is 19.5. The summed E-state index contributed by atoms with van der Waals surface area (Å²) >= 11 is 0. The molecule has 7 heteroatoms. The predicted molar refractivity (Wildman–Crippen MR) is 123 cm³/mol. The van der Waals surface area contributed by atoms with Gasteiger partial charge in [0.1, 0.15) is 11.2 Å². The molecule has 1 unspecified atom stereocenters. The maximum absolute atomic E-state index is 13.3. The molecule has 1 aliphatic rings. The van der Waals surface area contributed by atoms with Gasteiger partial charge < -0.3 is 9.47 Å². The largest absolute Gasteiger partial charge is 0.444 e. The smallest absolute Gasteiger partial charge is 0.433 e. The molecule has 0 radical (unpaired) electrons. The van der Waals surface area contributed by atoms with Crippen LogP contribution in [0.1, 0.15) is 59.1 Å². The van der Waals surface area contributed by atoms with E-state index in [1.54, 1.807) is 41.5 Å². The molecular weight excluding hydrogens is 406 g/mol. The van der Waals surface area contributed by atoms with Crippen LogP contribution in [0.3, 0.4) is 0 Å². The number of ether oxygens (including phenoxy) is 2. The van der Waals surface area contributed by atoms with E-state index in [0.717, 1.165) is 5.56 Å². The second-order valence-electron chi connectivity index (χ2n) is 9.73. The van der Waals surface area contributed by atoms with Gasteiger partial charge in [0, 0.05) is 12.0 Å². The summed E-state index contributed by atoms with van der Waals surface area (Å²) in [7, 11) is 0. The van der Waals surface area contributed by atoms with Gasteiger partial charge in [0.25, 0.3) is 0 Å².